The first kappa shape index (κ1) is 19.4. The van der Waals surface area contributed by atoms with Gasteiger partial charge in [0.2, 0.25) is 5.91 Å². The Kier molecular flexibility index (Phi) is 5.02. The molecule has 8 heteroatoms. The molecule has 2 saturated heterocycles. The first-order valence-corrected chi connectivity index (χ1v) is 10.1. The van der Waals surface area contributed by atoms with Gasteiger partial charge in [-0.25, -0.2) is 4.79 Å². The van der Waals surface area contributed by atoms with Crippen LogP contribution >= 0.6 is 0 Å². The second kappa shape index (κ2) is 7.50. The molecule has 0 aromatic heterocycles. The van der Waals surface area contributed by atoms with Crippen LogP contribution in [0, 0.1) is 5.92 Å². The molecule has 0 unspecified atom stereocenters. The SMILES string of the molecule is O=C(c1ccc(O)cc1)C1CCN(C(=O)CN2C(=O)NC3(CCCC3)C2=O)CC1. The van der Waals surface area contributed by atoms with Crippen molar-refractivity contribution in [3.05, 3.63) is 29.8 Å². The highest BCUT2D eigenvalue weighted by atomic mass is 16.3. The van der Waals surface area contributed by atoms with Crippen LogP contribution in [0.4, 0.5) is 4.79 Å². The monoisotopic (exact) mass is 399 g/mol. The number of Topliss-reactive ketones (excluding diaryl/α,β-unsaturated/α-hetero) is 1. The minimum Gasteiger partial charge on any atom is -0.508 e. The smallest absolute Gasteiger partial charge is 0.325 e. The lowest BCUT2D eigenvalue weighted by atomic mass is 9.89. The molecule has 1 aromatic carbocycles. The number of carbonyl (C=O) groups excluding carboxylic acids is 4. The average molecular weight is 399 g/mol. The fraction of sp³-hybridized carbons (Fsp3) is 0.524. The van der Waals surface area contributed by atoms with E-state index in [-0.39, 0.29) is 35.8 Å². The van der Waals surface area contributed by atoms with Crippen LogP contribution in [0.25, 0.3) is 0 Å². The minimum atomic E-state index is -0.805. The predicted molar refractivity (Wildman–Crippen MR) is 103 cm³/mol. The summed E-state index contributed by atoms with van der Waals surface area (Å²) in [7, 11) is 0. The van der Waals surface area contributed by atoms with Crippen molar-refractivity contribution in [1.82, 2.24) is 15.1 Å². The number of piperidine rings is 1. The van der Waals surface area contributed by atoms with Crippen molar-refractivity contribution in [1.29, 1.82) is 0 Å². The number of rotatable bonds is 4. The largest absolute Gasteiger partial charge is 0.508 e. The lowest BCUT2D eigenvalue weighted by Crippen LogP contribution is -2.48. The normalized spacial score (nSPS) is 21.7. The number of imide groups is 1. The molecule has 1 aliphatic carbocycles. The van der Waals surface area contributed by atoms with Crippen LogP contribution in [0.2, 0.25) is 0 Å². The molecule has 2 N–H and O–H groups in total. The number of urea groups is 1. The van der Waals surface area contributed by atoms with E-state index in [2.05, 4.69) is 5.32 Å². The van der Waals surface area contributed by atoms with Crippen molar-refractivity contribution >= 4 is 23.6 Å². The molecule has 1 aromatic rings. The molecule has 2 heterocycles. The summed E-state index contributed by atoms with van der Waals surface area (Å²) in [6, 6.07) is 5.70. The van der Waals surface area contributed by atoms with Gasteiger partial charge in [0.25, 0.3) is 5.91 Å². The Morgan fingerprint density at radius 3 is 2.31 bits per heavy atom. The molecule has 8 nitrogen and oxygen atoms in total. The molecule has 0 radical (unpaired) electrons. The van der Waals surface area contributed by atoms with Crippen molar-refractivity contribution in [2.45, 2.75) is 44.1 Å². The first-order chi connectivity index (χ1) is 13.9. The molecule has 29 heavy (non-hydrogen) atoms. The number of aromatic hydroxyl groups is 1. The highest BCUT2D eigenvalue weighted by molar-refractivity contribution is 6.09. The Bertz CT molecular complexity index is 836. The first-order valence-electron chi connectivity index (χ1n) is 10.1. The number of hydrogen-bond donors (Lipinski definition) is 2. The maximum Gasteiger partial charge on any atom is 0.325 e. The molecule has 154 valence electrons. The Hall–Kier alpha value is -2.90. The van der Waals surface area contributed by atoms with Gasteiger partial charge in [-0.15, -0.1) is 0 Å². The summed E-state index contributed by atoms with van der Waals surface area (Å²) < 4.78 is 0. The zero-order chi connectivity index (χ0) is 20.6. The van der Waals surface area contributed by atoms with Crippen LogP contribution in [-0.2, 0) is 9.59 Å². The molecule has 3 aliphatic rings. The van der Waals surface area contributed by atoms with Crippen LogP contribution in [0.1, 0.15) is 48.9 Å². The van der Waals surface area contributed by atoms with E-state index in [9.17, 15) is 24.3 Å². The third-order valence-corrected chi connectivity index (χ3v) is 6.37. The highest BCUT2D eigenvalue weighted by Gasteiger charge is 2.52. The van der Waals surface area contributed by atoms with Gasteiger partial charge in [-0.05, 0) is 49.9 Å². The van der Waals surface area contributed by atoms with E-state index in [4.69, 9.17) is 0 Å². The molecule has 3 fully saturated rings. The number of carbonyl (C=O) groups is 4. The quantitative estimate of drug-likeness (QED) is 0.592. The predicted octanol–water partition coefficient (Wildman–Crippen LogP) is 1.68. The second-order valence-electron chi connectivity index (χ2n) is 8.18. The zero-order valence-electron chi connectivity index (χ0n) is 16.2. The highest BCUT2D eigenvalue weighted by Crippen LogP contribution is 2.35. The van der Waals surface area contributed by atoms with Gasteiger partial charge < -0.3 is 15.3 Å². The summed E-state index contributed by atoms with van der Waals surface area (Å²) in [6.45, 7) is 0.590. The molecular formula is C21H25N3O5. The average Bonchev–Trinajstić information content (AvgIpc) is 3.29. The van der Waals surface area contributed by atoms with E-state index >= 15 is 0 Å². The molecule has 1 saturated carbocycles. The van der Waals surface area contributed by atoms with Gasteiger partial charge in [-0.3, -0.25) is 19.3 Å². The van der Waals surface area contributed by atoms with E-state index < -0.39 is 11.6 Å². The number of phenolic OH excluding ortho intramolecular Hbond substituents is 1. The molecule has 1 spiro atoms. The Labute approximate surface area is 168 Å². The number of likely N-dealkylation sites (tertiary alicyclic amines) is 1. The fourth-order valence-electron chi connectivity index (χ4n) is 4.62. The third kappa shape index (κ3) is 3.59. The van der Waals surface area contributed by atoms with Gasteiger partial charge in [-0.1, -0.05) is 12.8 Å². The lowest BCUT2D eigenvalue weighted by molar-refractivity contribution is -0.139. The molecule has 0 bridgehead atoms. The fourth-order valence-corrected chi connectivity index (χ4v) is 4.62. The van der Waals surface area contributed by atoms with Gasteiger partial charge in [0, 0.05) is 24.6 Å². The van der Waals surface area contributed by atoms with Gasteiger partial charge >= 0.3 is 6.03 Å². The van der Waals surface area contributed by atoms with E-state index in [1.165, 1.54) is 12.1 Å². The van der Waals surface area contributed by atoms with Crippen LogP contribution in [-0.4, -0.2) is 63.7 Å². The number of nitrogens with one attached hydrogen (secondary N) is 1. The van der Waals surface area contributed by atoms with Crippen molar-refractivity contribution in [2.24, 2.45) is 5.92 Å². The standard InChI is InChI=1S/C21H25N3O5/c25-16-5-3-14(4-6-16)18(27)15-7-11-23(12-8-15)17(26)13-24-19(28)21(22-20(24)29)9-1-2-10-21/h3-6,15,25H,1-2,7-13H2,(H,22,29). The lowest BCUT2D eigenvalue weighted by Gasteiger charge is -2.32. The van der Waals surface area contributed by atoms with E-state index in [1.807, 2.05) is 0 Å². The van der Waals surface area contributed by atoms with Crippen molar-refractivity contribution < 1.29 is 24.3 Å². The van der Waals surface area contributed by atoms with E-state index in [0.717, 1.165) is 17.7 Å². The second-order valence-corrected chi connectivity index (χ2v) is 8.18. The van der Waals surface area contributed by atoms with Gasteiger partial charge in [-0.2, -0.15) is 0 Å². The molecular weight excluding hydrogens is 374 g/mol. The Morgan fingerprint density at radius 1 is 1.07 bits per heavy atom. The van der Waals surface area contributed by atoms with E-state index in [0.29, 0.717) is 44.3 Å². The summed E-state index contributed by atoms with van der Waals surface area (Å²) in [5, 5.41) is 12.1. The summed E-state index contributed by atoms with van der Waals surface area (Å²) >= 11 is 0. The molecule has 4 rings (SSSR count). The zero-order valence-corrected chi connectivity index (χ0v) is 16.2. The van der Waals surface area contributed by atoms with Gasteiger partial charge in [0.15, 0.2) is 5.78 Å². The molecule has 0 atom stereocenters. The summed E-state index contributed by atoms with van der Waals surface area (Å²) in [5.41, 5.74) is -0.255. The Morgan fingerprint density at radius 2 is 1.69 bits per heavy atom. The topological polar surface area (TPSA) is 107 Å². The Balaban J connectivity index is 1.32. The summed E-state index contributed by atoms with van der Waals surface area (Å²) in [5.74, 6) is -0.608. The van der Waals surface area contributed by atoms with Crippen LogP contribution in [0.15, 0.2) is 24.3 Å². The number of benzene rings is 1. The maximum atomic E-state index is 12.7. The van der Waals surface area contributed by atoms with Crippen molar-refractivity contribution in [3.63, 3.8) is 0 Å². The third-order valence-electron chi connectivity index (χ3n) is 6.37. The number of hydrogen-bond acceptors (Lipinski definition) is 5. The van der Waals surface area contributed by atoms with Crippen molar-refractivity contribution in [3.8, 4) is 5.75 Å². The van der Waals surface area contributed by atoms with Crippen molar-refractivity contribution in [2.75, 3.05) is 19.6 Å². The molecule has 4 amide bonds. The number of amides is 4. The van der Waals surface area contributed by atoms with Crippen LogP contribution < -0.4 is 5.32 Å². The molecule has 2 aliphatic heterocycles. The van der Waals surface area contributed by atoms with Crippen LogP contribution in [0.5, 0.6) is 5.75 Å². The summed E-state index contributed by atoms with van der Waals surface area (Å²) in [6.07, 6.45) is 4.14. The van der Waals surface area contributed by atoms with Gasteiger partial charge in [0.05, 0.1) is 0 Å². The summed E-state index contributed by atoms with van der Waals surface area (Å²) in [4.78, 5) is 52.9. The van der Waals surface area contributed by atoms with E-state index in [1.54, 1.807) is 17.0 Å². The number of phenols is 1. The minimum absolute atomic E-state index is 0.00868. The van der Waals surface area contributed by atoms with Gasteiger partial charge in [0.1, 0.15) is 17.8 Å². The van der Waals surface area contributed by atoms with Crippen LogP contribution in [0.3, 0.4) is 0 Å². The number of nitrogens with zero attached hydrogens (tertiary/aromatic N) is 2. The maximum absolute atomic E-state index is 12.7. The number of ketones is 1.